The van der Waals surface area contributed by atoms with Crippen LogP contribution in [0.2, 0.25) is 0 Å². The Hall–Kier alpha value is -1.79. The van der Waals surface area contributed by atoms with Gasteiger partial charge in [0.05, 0.1) is 17.8 Å². The lowest BCUT2D eigenvalue weighted by Gasteiger charge is -2.31. The highest BCUT2D eigenvalue weighted by molar-refractivity contribution is 7.13. The molecule has 23 heavy (non-hydrogen) atoms. The van der Waals surface area contributed by atoms with Crippen LogP contribution in [0.1, 0.15) is 18.5 Å². The molecule has 1 fully saturated rings. The van der Waals surface area contributed by atoms with Crippen molar-refractivity contribution in [1.82, 2.24) is 20.2 Å². The van der Waals surface area contributed by atoms with E-state index in [1.54, 1.807) is 17.5 Å². The minimum Gasteiger partial charge on any atom is -0.342 e. The molecule has 0 radical (unpaired) electrons. The van der Waals surface area contributed by atoms with Gasteiger partial charge in [0.2, 0.25) is 5.91 Å². The van der Waals surface area contributed by atoms with Gasteiger partial charge in [0.15, 0.2) is 0 Å². The number of likely N-dealkylation sites (tertiary alicyclic amines) is 1. The van der Waals surface area contributed by atoms with Crippen LogP contribution in [0.4, 0.5) is 0 Å². The molecule has 0 unspecified atom stereocenters. The number of hydrogen-bond acceptors (Lipinski definition) is 5. The van der Waals surface area contributed by atoms with Crippen molar-refractivity contribution in [3.05, 3.63) is 35.5 Å². The minimum absolute atomic E-state index is 0.186. The predicted octanol–water partition coefficient (Wildman–Crippen LogP) is 2.21. The fourth-order valence-corrected chi connectivity index (χ4v) is 3.73. The van der Waals surface area contributed by atoms with E-state index in [4.69, 9.17) is 0 Å². The van der Waals surface area contributed by atoms with Crippen molar-refractivity contribution in [1.29, 1.82) is 0 Å². The second kappa shape index (κ2) is 7.66. The summed E-state index contributed by atoms with van der Waals surface area (Å²) in [6.45, 7) is 2.77. The summed E-state index contributed by atoms with van der Waals surface area (Å²) < 4.78 is 0. The van der Waals surface area contributed by atoms with Crippen LogP contribution >= 0.6 is 11.3 Å². The molecule has 0 bridgehead atoms. The molecular formula is C17H22N4OS. The van der Waals surface area contributed by atoms with Gasteiger partial charge < -0.3 is 10.2 Å². The zero-order valence-corrected chi connectivity index (χ0v) is 14.2. The third kappa shape index (κ3) is 4.14. The van der Waals surface area contributed by atoms with E-state index in [0.717, 1.165) is 48.9 Å². The molecule has 1 aliphatic rings. The number of hydrogen-bond donors (Lipinski definition) is 1. The Bertz CT molecular complexity index is 635. The molecule has 0 aromatic carbocycles. The maximum atomic E-state index is 12.4. The van der Waals surface area contributed by atoms with Crippen LogP contribution in [0, 0.1) is 5.92 Å². The number of rotatable bonds is 5. The zero-order chi connectivity index (χ0) is 16.1. The Labute approximate surface area is 140 Å². The number of thiazole rings is 1. The summed E-state index contributed by atoms with van der Waals surface area (Å²) in [7, 11) is 1.99. The van der Waals surface area contributed by atoms with Crippen molar-refractivity contribution in [2.45, 2.75) is 19.3 Å². The molecule has 0 saturated carbocycles. The number of nitrogens with one attached hydrogen (secondary N) is 1. The van der Waals surface area contributed by atoms with Crippen LogP contribution < -0.4 is 5.32 Å². The molecule has 0 spiro atoms. The van der Waals surface area contributed by atoms with Crippen molar-refractivity contribution in [3.8, 4) is 10.7 Å². The number of pyridine rings is 1. The molecule has 3 heterocycles. The second-order valence-electron chi connectivity index (χ2n) is 5.92. The van der Waals surface area contributed by atoms with Crippen molar-refractivity contribution < 1.29 is 4.79 Å². The molecule has 0 atom stereocenters. The van der Waals surface area contributed by atoms with Gasteiger partial charge in [0, 0.05) is 24.7 Å². The standard InChI is InChI=1S/C17H22N4OS/c1-18-11-13-5-8-21(9-6-13)16(22)10-14-12-23-17(20-14)15-4-2-3-7-19-15/h2-4,7,12-13,18H,5-6,8-11H2,1H3. The van der Waals surface area contributed by atoms with Crippen molar-refractivity contribution in [3.63, 3.8) is 0 Å². The average Bonchev–Trinajstić information content (AvgIpc) is 3.05. The molecule has 122 valence electrons. The summed E-state index contributed by atoms with van der Waals surface area (Å²) in [5.74, 6) is 0.879. The number of carbonyl (C=O) groups excluding carboxylic acids is 1. The largest absolute Gasteiger partial charge is 0.342 e. The van der Waals surface area contributed by atoms with E-state index >= 15 is 0 Å². The van der Waals surface area contributed by atoms with Crippen molar-refractivity contribution >= 4 is 17.2 Å². The molecule has 1 aliphatic heterocycles. The average molecular weight is 330 g/mol. The topological polar surface area (TPSA) is 58.1 Å². The third-order valence-corrected chi connectivity index (χ3v) is 5.14. The van der Waals surface area contributed by atoms with Crippen LogP contribution in [-0.2, 0) is 11.2 Å². The zero-order valence-electron chi connectivity index (χ0n) is 13.4. The molecule has 3 rings (SSSR count). The Morgan fingerprint density at radius 2 is 2.22 bits per heavy atom. The molecule has 1 N–H and O–H groups in total. The SMILES string of the molecule is CNCC1CCN(C(=O)Cc2csc(-c3ccccn3)n2)CC1. The molecule has 6 heteroatoms. The first-order chi connectivity index (χ1) is 11.3. The van der Waals surface area contributed by atoms with E-state index in [9.17, 15) is 4.79 Å². The maximum absolute atomic E-state index is 12.4. The third-order valence-electron chi connectivity index (χ3n) is 4.23. The monoisotopic (exact) mass is 330 g/mol. The van der Waals surface area contributed by atoms with Gasteiger partial charge in [-0.05, 0) is 44.5 Å². The molecule has 1 amide bonds. The van der Waals surface area contributed by atoms with Crippen LogP contribution in [0.5, 0.6) is 0 Å². The van der Waals surface area contributed by atoms with Gasteiger partial charge in [-0.15, -0.1) is 11.3 Å². The quantitative estimate of drug-likeness (QED) is 0.913. The molecule has 1 saturated heterocycles. The van der Waals surface area contributed by atoms with Gasteiger partial charge >= 0.3 is 0 Å². The van der Waals surface area contributed by atoms with Gasteiger partial charge in [-0.3, -0.25) is 9.78 Å². The maximum Gasteiger partial charge on any atom is 0.228 e. The number of nitrogens with zero attached hydrogens (tertiary/aromatic N) is 3. The molecule has 0 aliphatic carbocycles. The van der Waals surface area contributed by atoms with E-state index in [0.29, 0.717) is 12.3 Å². The van der Waals surface area contributed by atoms with Crippen LogP contribution in [0.3, 0.4) is 0 Å². The normalized spacial score (nSPS) is 15.8. The fraction of sp³-hybridized carbons (Fsp3) is 0.471. The van der Waals surface area contributed by atoms with Gasteiger partial charge in [-0.25, -0.2) is 4.98 Å². The molecular weight excluding hydrogens is 308 g/mol. The Morgan fingerprint density at radius 3 is 2.91 bits per heavy atom. The first-order valence-electron chi connectivity index (χ1n) is 8.04. The summed E-state index contributed by atoms with van der Waals surface area (Å²) in [5, 5.41) is 6.07. The van der Waals surface area contributed by atoms with Gasteiger partial charge in [-0.1, -0.05) is 6.07 Å². The van der Waals surface area contributed by atoms with Crippen LogP contribution in [-0.4, -0.2) is 47.5 Å². The summed E-state index contributed by atoms with van der Waals surface area (Å²) in [5.41, 5.74) is 1.71. The van der Waals surface area contributed by atoms with E-state index in [1.165, 1.54) is 0 Å². The van der Waals surface area contributed by atoms with E-state index in [1.807, 2.05) is 35.5 Å². The van der Waals surface area contributed by atoms with E-state index in [-0.39, 0.29) is 5.91 Å². The first-order valence-corrected chi connectivity index (χ1v) is 8.92. The Kier molecular flexibility index (Phi) is 5.35. The summed E-state index contributed by atoms with van der Waals surface area (Å²) >= 11 is 1.55. The summed E-state index contributed by atoms with van der Waals surface area (Å²) in [6, 6.07) is 5.78. The van der Waals surface area contributed by atoms with Crippen LogP contribution in [0.15, 0.2) is 29.8 Å². The minimum atomic E-state index is 0.186. The first kappa shape index (κ1) is 16.1. The predicted molar refractivity (Wildman–Crippen MR) is 92.3 cm³/mol. The van der Waals surface area contributed by atoms with Crippen molar-refractivity contribution in [2.75, 3.05) is 26.7 Å². The summed E-state index contributed by atoms with van der Waals surface area (Å²) in [6.07, 6.45) is 4.32. The second-order valence-corrected chi connectivity index (χ2v) is 6.78. The molecule has 2 aromatic heterocycles. The smallest absolute Gasteiger partial charge is 0.228 e. The lowest BCUT2D eigenvalue weighted by atomic mass is 9.96. The van der Waals surface area contributed by atoms with Crippen molar-refractivity contribution in [2.24, 2.45) is 5.92 Å². The number of amides is 1. The van der Waals surface area contributed by atoms with Gasteiger partial charge in [0.25, 0.3) is 0 Å². The highest BCUT2D eigenvalue weighted by Crippen LogP contribution is 2.22. The molecule has 2 aromatic rings. The number of piperidine rings is 1. The lowest BCUT2D eigenvalue weighted by molar-refractivity contribution is -0.131. The highest BCUT2D eigenvalue weighted by Gasteiger charge is 2.23. The van der Waals surface area contributed by atoms with E-state index in [2.05, 4.69) is 15.3 Å². The fourth-order valence-electron chi connectivity index (χ4n) is 2.94. The van der Waals surface area contributed by atoms with E-state index < -0.39 is 0 Å². The summed E-state index contributed by atoms with van der Waals surface area (Å²) in [4.78, 5) is 23.3. The van der Waals surface area contributed by atoms with Gasteiger partial charge in [0.1, 0.15) is 5.01 Å². The molecule has 5 nitrogen and oxygen atoms in total. The Balaban J connectivity index is 1.56. The van der Waals surface area contributed by atoms with Gasteiger partial charge in [-0.2, -0.15) is 0 Å². The lowest BCUT2D eigenvalue weighted by Crippen LogP contribution is -2.41. The number of carbonyl (C=O) groups is 1. The number of aromatic nitrogens is 2. The Morgan fingerprint density at radius 1 is 1.39 bits per heavy atom. The highest BCUT2D eigenvalue weighted by atomic mass is 32.1. The van der Waals surface area contributed by atoms with Crippen LogP contribution in [0.25, 0.3) is 10.7 Å².